The zero-order valence-corrected chi connectivity index (χ0v) is 14.6. The fraction of sp³-hybridized carbons (Fsp3) is 0.250. The normalized spacial score (nSPS) is 14.1. The zero-order chi connectivity index (χ0) is 17.6. The molecule has 1 fully saturated rings. The third-order valence-corrected chi connectivity index (χ3v) is 4.33. The van der Waals surface area contributed by atoms with E-state index in [2.05, 4.69) is 20.5 Å². The smallest absolute Gasteiger partial charge is 0.229 e. The number of rotatable bonds is 5. The van der Waals surface area contributed by atoms with Gasteiger partial charge in [-0.2, -0.15) is 9.97 Å². The van der Waals surface area contributed by atoms with Crippen LogP contribution in [-0.4, -0.2) is 28.0 Å². The molecule has 26 heavy (non-hydrogen) atoms. The maximum Gasteiger partial charge on any atom is 0.229 e. The van der Waals surface area contributed by atoms with Gasteiger partial charge in [-0.05, 0) is 43.5 Å². The summed E-state index contributed by atoms with van der Waals surface area (Å²) in [6, 6.07) is 15.9. The minimum absolute atomic E-state index is 0.756. The van der Waals surface area contributed by atoms with Crippen molar-refractivity contribution in [3.8, 4) is 0 Å². The molecule has 2 N–H and O–H groups in total. The molecule has 0 unspecified atom stereocenters. The lowest BCUT2D eigenvalue weighted by Crippen LogP contribution is -2.31. The first-order valence-electron chi connectivity index (χ1n) is 9.00. The van der Waals surface area contributed by atoms with Crippen molar-refractivity contribution in [2.24, 2.45) is 0 Å². The van der Waals surface area contributed by atoms with Gasteiger partial charge in [-0.15, -0.1) is 0 Å². The lowest BCUT2D eigenvalue weighted by Gasteiger charge is -2.27. The maximum absolute atomic E-state index is 4.74. The molecule has 2 aromatic heterocycles. The second-order valence-electron chi connectivity index (χ2n) is 6.34. The summed E-state index contributed by atoms with van der Waals surface area (Å²) in [5.74, 6) is 2.29. The van der Waals surface area contributed by atoms with Crippen LogP contribution in [-0.2, 0) is 0 Å². The van der Waals surface area contributed by atoms with E-state index in [0.29, 0.717) is 0 Å². The number of benzene rings is 1. The first-order chi connectivity index (χ1) is 12.9. The Morgan fingerprint density at radius 1 is 0.769 bits per heavy atom. The molecule has 3 aromatic rings. The van der Waals surface area contributed by atoms with Crippen LogP contribution in [0.15, 0.2) is 60.9 Å². The summed E-state index contributed by atoms with van der Waals surface area (Å²) in [5.41, 5.74) is 1.91. The highest BCUT2D eigenvalue weighted by molar-refractivity contribution is 5.64. The Kier molecular flexibility index (Phi) is 4.91. The molecule has 6 heteroatoms. The van der Waals surface area contributed by atoms with Crippen LogP contribution in [0.4, 0.5) is 29.0 Å². The molecular weight excluding hydrogens is 324 g/mol. The zero-order valence-electron chi connectivity index (χ0n) is 14.6. The molecule has 0 bridgehead atoms. The lowest BCUT2D eigenvalue weighted by atomic mass is 10.1. The van der Waals surface area contributed by atoms with Crippen LogP contribution < -0.4 is 15.5 Å². The fourth-order valence-corrected chi connectivity index (χ4v) is 3.05. The molecule has 1 aromatic carbocycles. The van der Waals surface area contributed by atoms with Crippen LogP contribution >= 0.6 is 0 Å². The number of hydrogen-bond acceptors (Lipinski definition) is 6. The van der Waals surface area contributed by atoms with Gasteiger partial charge < -0.3 is 15.5 Å². The Bertz CT molecular complexity index is 772. The van der Waals surface area contributed by atoms with Gasteiger partial charge in [0.2, 0.25) is 5.95 Å². The summed E-state index contributed by atoms with van der Waals surface area (Å²) in [4.78, 5) is 15.9. The molecule has 0 atom stereocenters. The van der Waals surface area contributed by atoms with E-state index < -0.39 is 0 Å². The van der Waals surface area contributed by atoms with Crippen LogP contribution in [0.5, 0.6) is 0 Å². The van der Waals surface area contributed by atoms with Crippen LogP contribution in [0, 0.1) is 0 Å². The Labute approximate surface area is 153 Å². The van der Waals surface area contributed by atoms with Gasteiger partial charge in [-0.25, -0.2) is 0 Å². The van der Waals surface area contributed by atoms with Crippen LogP contribution in [0.1, 0.15) is 19.3 Å². The molecule has 4 rings (SSSR count). The molecule has 0 aliphatic carbocycles. The molecule has 0 radical (unpaired) electrons. The molecule has 0 spiro atoms. The third-order valence-electron chi connectivity index (χ3n) is 4.33. The van der Waals surface area contributed by atoms with E-state index in [4.69, 9.17) is 9.97 Å². The highest BCUT2D eigenvalue weighted by Crippen LogP contribution is 2.24. The van der Waals surface area contributed by atoms with Crippen molar-refractivity contribution in [2.75, 3.05) is 28.6 Å². The van der Waals surface area contributed by atoms with E-state index in [1.54, 1.807) is 12.4 Å². The Morgan fingerprint density at radius 3 is 2.15 bits per heavy atom. The third kappa shape index (κ3) is 4.08. The largest absolute Gasteiger partial charge is 0.341 e. The van der Waals surface area contributed by atoms with E-state index in [-0.39, 0.29) is 0 Å². The van der Waals surface area contributed by atoms with Gasteiger partial charge in [0.05, 0.1) is 11.9 Å². The molecule has 1 saturated heterocycles. The van der Waals surface area contributed by atoms with Gasteiger partial charge in [0.15, 0.2) is 0 Å². The van der Waals surface area contributed by atoms with Crippen LogP contribution in [0.25, 0.3) is 0 Å². The lowest BCUT2D eigenvalue weighted by molar-refractivity contribution is 0.568. The number of nitrogens with zero attached hydrogens (tertiary/aromatic N) is 4. The molecule has 132 valence electrons. The number of nitrogens with one attached hydrogen (secondary N) is 2. The average Bonchev–Trinajstić information content (AvgIpc) is 2.70. The van der Waals surface area contributed by atoms with E-state index >= 15 is 0 Å². The van der Waals surface area contributed by atoms with Gasteiger partial charge >= 0.3 is 0 Å². The van der Waals surface area contributed by atoms with Crippen molar-refractivity contribution in [3.63, 3.8) is 0 Å². The summed E-state index contributed by atoms with van der Waals surface area (Å²) in [6.07, 6.45) is 7.19. The van der Waals surface area contributed by atoms with Crippen molar-refractivity contribution in [2.45, 2.75) is 19.3 Å². The number of hydrogen-bond donors (Lipinski definition) is 2. The van der Waals surface area contributed by atoms with Gasteiger partial charge in [-0.1, -0.05) is 18.2 Å². The average molecular weight is 346 g/mol. The topological polar surface area (TPSA) is 66.0 Å². The van der Waals surface area contributed by atoms with Gasteiger partial charge in [0, 0.05) is 31.0 Å². The molecule has 1 aliphatic rings. The number of piperidine rings is 1. The van der Waals surface area contributed by atoms with Gasteiger partial charge in [-0.3, -0.25) is 4.98 Å². The van der Waals surface area contributed by atoms with Crippen molar-refractivity contribution in [3.05, 3.63) is 60.9 Å². The van der Waals surface area contributed by atoms with Crippen LogP contribution in [0.2, 0.25) is 0 Å². The summed E-state index contributed by atoms with van der Waals surface area (Å²) in [5, 5.41) is 6.71. The molecule has 3 heterocycles. The Morgan fingerprint density at radius 2 is 1.46 bits per heavy atom. The van der Waals surface area contributed by atoms with E-state index in [9.17, 15) is 0 Å². The van der Waals surface area contributed by atoms with Crippen molar-refractivity contribution < 1.29 is 0 Å². The summed E-state index contributed by atoms with van der Waals surface area (Å²) in [7, 11) is 0. The second kappa shape index (κ2) is 7.82. The molecule has 0 amide bonds. The second-order valence-corrected chi connectivity index (χ2v) is 6.34. The van der Waals surface area contributed by atoms with E-state index in [1.807, 2.05) is 48.5 Å². The molecular formula is C20H22N6. The molecule has 6 nitrogen and oxygen atoms in total. The predicted octanol–water partition coefficient (Wildman–Crippen LogP) is 4.35. The minimum atomic E-state index is 0.756. The first kappa shape index (κ1) is 16.3. The summed E-state index contributed by atoms with van der Waals surface area (Å²) >= 11 is 0. The van der Waals surface area contributed by atoms with Crippen LogP contribution in [0.3, 0.4) is 0 Å². The number of anilines is 5. The number of pyridine rings is 1. The maximum atomic E-state index is 4.74. The quantitative estimate of drug-likeness (QED) is 0.716. The molecule has 1 aliphatic heterocycles. The number of para-hydroxylation sites is 1. The van der Waals surface area contributed by atoms with Gasteiger partial charge in [0.1, 0.15) is 11.6 Å². The van der Waals surface area contributed by atoms with Crippen molar-refractivity contribution >= 4 is 29.0 Å². The SMILES string of the molecule is c1ccc(Nc2cc(Nc3cccnc3)nc(N3CCCCC3)n2)cc1. The Balaban J connectivity index is 1.64. The Hall–Kier alpha value is -3.15. The fourth-order valence-electron chi connectivity index (χ4n) is 3.05. The minimum Gasteiger partial charge on any atom is -0.341 e. The van der Waals surface area contributed by atoms with E-state index in [1.165, 1.54) is 19.3 Å². The summed E-state index contributed by atoms with van der Waals surface area (Å²) < 4.78 is 0. The monoisotopic (exact) mass is 346 g/mol. The first-order valence-corrected chi connectivity index (χ1v) is 9.00. The summed E-state index contributed by atoms with van der Waals surface area (Å²) in [6.45, 7) is 2.00. The molecule has 0 saturated carbocycles. The standard InChI is InChI=1S/C20H22N6/c1-3-8-16(9-4-1)22-18-14-19(23-17-10-7-11-21-15-17)25-20(24-18)26-12-5-2-6-13-26/h1,3-4,7-11,14-15H,2,5-6,12-13H2,(H2,22,23,24,25). The highest BCUT2D eigenvalue weighted by atomic mass is 15.3. The van der Waals surface area contributed by atoms with E-state index in [0.717, 1.165) is 42.0 Å². The van der Waals surface area contributed by atoms with Gasteiger partial charge in [0.25, 0.3) is 0 Å². The van der Waals surface area contributed by atoms with Crippen molar-refractivity contribution in [1.82, 2.24) is 15.0 Å². The van der Waals surface area contributed by atoms with Crippen molar-refractivity contribution in [1.29, 1.82) is 0 Å². The predicted molar refractivity (Wildman–Crippen MR) is 105 cm³/mol. The highest BCUT2D eigenvalue weighted by Gasteiger charge is 2.15. The number of aromatic nitrogens is 3.